The van der Waals surface area contributed by atoms with Crippen molar-refractivity contribution in [2.75, 3.05) is 36.0 Å². The van der Waals surface area contributed by atoms with Crippen molar-refractivity contribution >= 4 is 11.6 Å². The van der Waals surface area contributed by atoms with E-state index in [9.17, 15) is 13.2 Å². The van der Waals surface area contributed by atoms with Gasteiger partial charge in [-0.05, 0) is 12.8 Å². The van der Waals surface area contributed by atoms with Crippen LogP contribution in [-0.4, -0.2) is 46.1 Å². The van der Waals surface area contributed by atoms with E-state index in [4.69, 9.17) is 5.26 Å². The van der Waals surface area contributed by atoms with Crippen molar-refractivity contribution < 1.29 is 13.2 Å². The molecule has 0 aromatic carbocycles. The average molecular weight is 375 g/mol. The highest BCUT2D eigenvalue weighted by atomic mass is 19.4. The Balaban J connectivity index is 1.54. The van der Waals surface area contributed by atoms with Crippen LogP contribution in [0.5, 0.6) is 0 Å². The van der Waals surface area contributed by atoms with E-state index in [1.54, 1.807) is 0 Å². The first-order valence-corrected chi connectivity index (χ1v) is 8.63. The van der Waals surface area contributed by atoms with E-state index in [2.05, 4.69) is 19.9 Å². The first-order chi connectivity index (χ1) is 13.0. The lowest BCUT2D eigenvalue weighted by Crippen LogP contribution is -2.47. The van der Waals surface area contributed by atoms with Gasteiger partial charge in [0.2, 0.25) is 0 Å². The molecule has 3 heterocycles. The first-order valence-electron chi connectivity index (χ1n) is 8.63. The summed E-state index contributed by atoms with van der Waals surface area (Å²) in [4.78, 5) is 20.0. The molecule has 0 spiro atoms. The molecule has 10 heteroatoms. The summed E-state index contributed by atoms with van der Waals surface area (Å²) in [5, 5.41) is 9.16. The summed E-state index contributed by atoms with van der Waals surface area (Å²) in [6.07, 6.45) is 0.141. The highest BCUT2D eigenvalue weighted by Crippen LogP contribution is 2.40. The maximum atomic E-state index is 13.2. The minimum Gasteiger partial charge on any atom is -0.353 e. The van der Waals surface area contributed by atoms with Crippen LogP contribution >= 0.6 is 0 Å². The van der Waals surface area contributed by atoms with Gasteiger partial charge in [0.05, 0.1) is 0 Å². The van der Waals surface area contributed by atoms with E-state index >= 15 is 0 Å². The minimum atomic E-state index is -4.50. The highest BCUT2D eigenvalue weighted by Gasteiger charge is 2.37. The Hall–Kier alpha value is -2.96. The topological polar surface area (TPSA) is 81.8 Å². The van der Waals surface area contributed by atoms with Gasteiger partial charge in [-0.3, -0.25) is 0 Å². The molecule has 2 aromatic rings. The van der Waals surface area contributed by atoms with Crippen molar-refractivity contribution in [3.63, 3.8) is 0 Å². The number of aromatic nitrogens is 4. The fourth-order valence-electron chi connectivity index (χ4n) is 3.07. The third-order valence-corrected chi connectivity index (χ3v) is 4.65. The summed E-state index contributed by atoms with van der Waals surface area (Å²) >= 11 is 0. The molecule has 2 aliphatic rings. The predicted octanol–water partition coefficient (Wildman–Crippen LogP) is 2.36. The number of hydrogen-bond acceptors (Lipinski definition) is 7. The van der Waals surface area contributed by atoms with E-state index in [-0.39, 0.29) is 17.4 Å². The molecule has 0 amide bonds. The standard InChI is InChI=1S/C17H16F3N7/c18-17(19,20)13-9-14(25-15(24-13)11-1-2-11)26-5-7-27(8-6-26)16-12(10-21)22-3-4-23-16/h3-4,9,11H,1-2,5-8H2. The first kappa shape index (κ1) is 17.5. The Bertz CT molecular complexity index is 881. The van der Waals surface area contributed by atoms with Gasteiger partial charge >= 0.3 is 6.18 Å². The maximum absolute atomic E-state index is 13.2. The SMILES string of the molecule is N#Cc1nccnc1N1CCN(c2cc(C(F)(F)F)nc(C3CC3)n2)CC1. The third kappa shape index (κ3) is 3.63. The number of piperazine rings is 1. The zero-order valence-corrected chi connectivity index (χ0v) is 14.3. The molecule has 0 atom stereocenters. The zero-order chi connectivity index (χ0) is 19.0. The van der Waals surface area contributed by atoms with Crippen molar-refractivity contribution in [3.8, 4) is 6.07 Å². The fraction of sp³-hybridized carbons (Fsp3) is 0.471. The Labute approximate surface area is 153 Å². The van der Waals surface area contributed by atoms with Crippen molar-refractivity contribution in [3.05, 3.63) is 35.7 Å². The van der Waals surface area contributed by atoms with Gasteiger partial charge in [0.15, 0.2) is 11.5 Å². The van der Waals surface area contributed by atoms with Crippen molar-refractivity contribution in [2.24, 2.45) is 0 Å². The van der Waals surface area contributed by atoms with E-state index in [0.717, 1.165) is 18.9 Å². The summed E-state index contributed by atoms with van der Waals surface area (Å²) in [7, 11) is 0. The molecule has 2 aromatic heterocycles. The van der Waals surface area contributed by atoms with Crippen LogP contribution in [0.15, 0.2) is 18.5 Å². The highest BCUT2D eigenvalue weighted by molar-refractivity contribution is 5.52. The van der Waals surface area contributed by atoms with Gasteiger partial charge in [-0.2, -0.15) is 18.4 Å². The van der Waals surface area contributed by atoms with Crippen LogP contribution in [0.3, 0.4) is 0 Å². The van der Waals surface area contributed by atoms with E-state index in [1.807, 2.05) is 15.9 Å². The Morgan fingerprint density at radius 1 is 1.00 bits per heavy atom. The maximum Gasteiger partial charge on any atom is 0.433 e. The largest absolute Gasteiger partial charge is 0.433 e. The number of alkyl halides is 3. The zero-order valence-electron chi connectivity index (χ0n) is 14.3. The lowest BCUT2D eigenvalue weighted by atomic mass is 10.2. The molecule has 2 fully saturated rings. The van der Waals surface area contributed by atoms with Crippen LogP contribution in [0.1, 0.15) is 36.0 Å². The molecule has 7 nitrogen and oxygen atoms in total. The second-order valence-electron chi connectivity index (χ2n) is 6.56. The number of anilines is 2. The van der Waals surface area contributed by atoms with Crippen molar-refractivity contribution in [1.82, 2.24) is 19.9 Å². The molecule has 0 unspecified atom stereocenters. The van der Waals surface area contributed by atoms with Gasteiger partial charge in [0.25, 0.3) is 0 Å². The predicted molar refractivity (Wildman–Crippen MR) is 90.2 cm³/mol. The van der Waals surface area contributed by atoms with Gasteiger partial charge in [-0.1, -0.05) is 0 Å². The van der Waals surface area contributed by atoms with Crippen molar-refractivity contribution in [2.45, 2.75) is 24.9 Å². The van der Waals surface area contributed by atoms with Crippen LogP contribution in [0.25, 0.3) is 0 Å². The Morgan fingerprint density at radius 3 is 2.30 bits per heavy atom. The summed E-state index contributed by atoms with van der Waals surface area (Å²) in [6, 6.07) is 3.03. The molecule has 0 N–H and O–H groups in total. The molecule has 4 rings (SSSR count). The number of nitriles is 1. The molecule has 0 bridgehead atoms. The van der Waals surface area contributed by atoms with Crippen molar-refractivity contribution in [1.29, 1.82) is 5.26 Å². The van der Waals surface area contributed by atoms with Gasteiger partial charge in [0.1, 0.15) is 23.4 Å². The van der Waals surface area contributed by atoms with Gasteiger partial charge in [0, 0.05) is 50.6 Å². The van der Waals surface area contributed by atoms with Gasteiger partial charge in [-0.15, -0.1) is 0 Å². The molecule has 1 saturated heterocycles. The van der Waals surface area contributed by atoms with Crippen LogP contribution in [-0.2, 0) is 6.18 Å². The minimum absolute atomic E-state index is 0.0325. The second-order valence-corrected chi connectivity index (χ2v) is 6.56. The molecule has 1 aliphatic heterocycles. The number of halogens is 3. The van der Waals surface area contributed by atoms with Crippen LogP contribution < -0.4 is 9.80 Å². The van der Waals surface area contributed by atoms with E-state index < -0.39 is 11.9 Å². The Morgan fingerprint density at radius 2 is 1.67 bits per heavy atom. The molecular formula is C17H16F3N7. The summed E-state index contributed by atoms with van der Waals surface area (Å²) in [5.41, 5.74) is -0.652. The lowest BCUT2D eigenvalue weighted by molar-refractivity contribution is -0.141. The van der Waals surface area contributed by atoms with Gasteiger partial charge in [-0.25, -0.2) is 19.9 Å². The quantitative estimate of drug-likeness (QED) is 0.814. The molecule has 140 valence electrons. The summed E-state index contributed by atoms with van der Waals surface area (Å²) in [6.45, 7) is 1.97. The van der Waals surface area contributed by atoms with Crippen LogP contribution in [0.2, 0.25) is 0 Å². The van der Waals surface area contributed by atoms with E-state index in [1.165, 1.54) is 12.4 Å². The molecule has 1 saturated carbocycles. The summed E-state index contributed by atoms with van der Waals surface area (Å²) in [5.74, 6) is 1.11. The normalized spacial score (nSPS) is 17.7. The second kappa shape index (κ2) is 6.64. The van der Waals surface area contributed by atoms with E-state index in [0.29, 0.717) is 37.8 Å². The van der Waals surface area contributed by atoms with Crippen LogP contribution in [0, 0.1) is 11.3 Å². The third-order valence-electron chi connectivity index (χ3n) is 4.65. The number of rotatable bonds is 3. The number of nitrogens with zero attached hydrogens (tertiary/aromatic N) is 7. The number of hydrogen-bond donors (Lipinski definition) is 0. The fourth-order valence-corrected chi connectivity index (χ4v) is 3.07. The summed E-state index contributed by atoms with van der Waals surface area (Å²) < 4.78 is 39.6. The van der Waals surface area contributed by atoms with Gasteiger partial charge < -0.3 is 9.80 Å². The monoisotopic (exact) mass is 375 g/mol. The molecule has 0 radical (unpaired) electrons. The Kier molecular flexibility index (Phi) is 4.30. The molecule has 1 aliphatic carbocycles. The van der Waals surface area contributed by atoms with Crippen LogP contribution in [0.4, 0.5) is 24.8 Å². The molecular weight excluding hydrogens is 359 g/mol. The molecule has 27 heavy (non-hydrogen) atoms. The smallest absolute Gasteiger partial charge is 0.353 e. The lowest BCUT2D eigenvalue weighted by Gasteiger charge is -2.36. The average Bonchev–Trinajstić information content (AvgIpc) is 3.52.